The summed E-state index contributed by atoms with van der Waals surface area (Å²) in [7, 11) is 0. The molecule has 0 radical (unpaired) electrons. The van der Waals surface area contributed by atoms with Crippen molar-refractivity contribution in [3.8, 4) is 0 Å². The van der Waals surface area contributed by atoms with Gasteiger partial charge in [-0.25, -0.2) is 4.98 Å². The number of benzene rings is 1. The molecule has 3 N–H and O–H groups in total. The lowest BCUT2D eigenvalue weighted by Crippen LogP contribution is -2.57. The van der Waals surface area contributed by atoms with Crippen molar-refractivity contribution in [2.24, 2.45) is 0 Å². The summed E-state index contributed by atoms with van der Waals surface area (Å²) in [6.07, 6.45) is 5.57. The highest BCUT2D eigenvalue weighted by Crippen LogP contribution is 2.24. The summed E-state index contributed by atoms with van der Waals surface area (Å²) in [4.78, 5) is 21.9. The largest absolute Gasteiger partial charge is 0.379 e. The number of aromatic nitrogens is 2. The molecule has 1 aromatic heterocycles. The van der Waals surface area contributed by atoms with Gasteiger partial charge in [-0.15, -0.1) is 0 Å². The third kappa shape index (κ3) is 4.96. The number of piperidine rings is 1. The number of aromatic amines is 1. The summed E-state index contributed by atoms with van der Waals surface area (Å²) >= 11 is 0. The van der Waals surface area contributed by atoms with Gasteiger partial charge in [-0.05, 0) is 29.9 Å². The molecule has 6 heteroatoms. The first-order chi connectivity index (χ1) is 13.0. The van der Waals surface area contributed by atoms with Crippen molar-refractivity contribution in [2.45, 2.75) is 51.2 Å². The van der Waals surface area contributed by atoms with Gasteiger partial charge < -0.3 is 20.3 Å². The quantitative estimate of drug-likeness (QED) is 0.623. The summed E-state index contributed by atoms with van der Waals surface area (Å²) in [5, 5.41) is 14.1. The van der Waals surface area contributed by atoms with E-state index in [1.807, 2.05) is 0 Å². The van der Waals surface area contributed by atoms with Crippen LogP contribution in [0.2, 0.25) is 0 Å². The third-order valence-corrected chi connectivity index (χ3v) is 5.23. The van der Waals surface area contributed by atoms with E-state index in [-0.39, 0.29) is 12.5 Å². The predicted octanol–water partition coefficient (Wildman–Crippen LogP) is 2.22. The maximum absolute atomic E-state index is 12.9. The fraction of sp³-hybridized carbons (Fsp3) is 0.524. The van der Waals surface area contributed by atoms with E-state index in [1.54, 1.807) is 17.3 Å². The lowest BCUT2D eigenvalue weighted by molar-refractivity contribution is -0.157. The van der Waals surface area contributed by atoms with E-state index in [4.69, 9.17) is 0 Å². The number of likely N-dealkylation sites (tertiary alicyclic amines) is 1. The molecule has 3 rings (SSSR count). The third-order valence-electron chi connectivity index (χ3n) is 5.23. The van der Waals surface area contributed by atoms with Crippen LogP contribution in [0.4, 0.5) is 0 Å². The maximum Gasteiger partial charge on any atom is 0.256 e. The molecular formula is C21H30N4O2. The predicted molar refractivity (Wildman–Crippen MR) is 105 cm³/mol. The molecule has 0 saturated carbocycles. The molecule has 1 amide bonds. The van der Waals surface area contributed by atoms with E-state index in [0.29, 0.717) is 32.0 Å². The molecule has 146 valence electrons. The molecule has 1 aliphatic heterocycles. The SMILES string of the molecule is CC(C)c1ccc(CN2CCC[C@](O)(CNCCc3ncc[nH]3)C2=O)cc1. The Hall–Kier alpha value is -2.18. The second-order valence-electron chi connectivity index (χ2n) is 7.72. The lowest BCUT2D eigenvalue weighted by Gasteiger charge is -2.38. The minimum atomic E-state index is -1.32. The molecule has 1 saturated heterocycles. The Labute approximate surface area is 161 Å². The van der Waals surface area contributed by atoms with Gasteiger partial charge in [0.2, 0.25) is 0 Å². The number of hydrogen-bond acceptors (Lipinski definition) is 4. The molecule has 2 heterocycles. The summed E-state index contributed by atoms with van der Waals surface area (Å²) in [5.74, 6) is 1.22. The highest BCUT2D eigenvalue weighted by atomic mass is 16.3. The van der Waals surface area contributed by atoms with Gasteiger partial charge in [-0.1, -0.05) is 38.1 Å². The number of aliphatic hydroxyl groups is 1. The van der Waals surface area contributed by atoms with Gasteiger partial charge in [-0.3, -0.25) is 4.79 Å². The summed E-state index contributed by atoms with van der Waals surface area (Å²) in [5.41, 5.74) is 1.07. The average Bonchev–Trinajstić information content (AvgIpc) is 3.17. The number of rotatable bonds is 8. The van der Waals surface area contributed by atoms with Crippen molar-refractivity contribution in [3.63, 3.8) is 0 Å². The number of amides is 1. The zero-order valence-corrected chi connectivity index (χ0v) is 16.2. The number of H-pyrrole nitrogens is 1. The molecule has 1 atom stereocenters. The van der Waals surface area contributed by atoms with E-state index in [9.17, 15) is 9.90 Å². The smallest absolute Gasteiger partial charge is 0.256 e. The minimum absolute atomic E-state index is 0.174. The first kappa shape index (κ1) is 19.6. The van der Waals surface area contributed by atoms with Crippen LogP contribution in [0.15, 0.2) is 36.7 Å². The zero-order valence-electron chi connectivity index (χ0n) is 16.2. The van der Waals surface area contributed by atoms with Crippen LogP contribution in [-0.2, 0) is 17.8 Å². The Kier molecular flexibility index (Phi) is 6.29. The molecule has 0 bridgehead atoms. The number of imidazole rings is 1. The van der Waals surface area contributed by atoms with Crippen molar-refractivity contribution in [1.29, 1.82) is 0 Å². The van der Waals surface area contributed by atoms with Crippen molar-refractivity contribution < 1.29 is 9.90 Å². The number of carbonyl (C=O) groups is 1. The van der Waals surface area contributed by atoms with Gasteiger partial charge in [0.1, 0.15) is 5.82 Å². The summed E-state index contributed by atoms with van der Waals surface area (Å²) < 4.78 is 0. The topological polar surface area (TPSA) is 81.2 Å². The Morgan fingerprint density at radius 3 is 2.78 bits per heavy atom. The van der Waals surface area contributed by atoms with Crippen LogP contribution in [0.1, 0.15) is 49.6 Å². The van der Waals surface area contributed by atoms with Gasteiger partial charge in [0.25, 0.3) is 5.91 Å². The number of nitrogens with one attached hydrogen (secondary N) is 2. The standard InChI is InChI=1S/C21H30N4O2/c1-16(2)18-6-4-17(5-7-18)14-25-13-3-9-21(27,20(25)26)15-22-10-8-19-23-11-12-24-19/h4-7,11-12,16,22,27H,3,8-10,13-15H2,1-2H3,(H,23,24)/t21-/m0/s1. The van der Waals surface area contributed by atoms with Gasteiger partial charge >= 0.3 is 0 Å². The maximum atomic E-state index is 12.9. The van der Waals surface area contributed by atoms with Gasteiger partial charge in [0.05, 0.1) is 0 Å². The van der Waals surface area contributed by atoms with E-state index in [1.165, 1.54) is 5.56 Å². The van der Waals surface area contributed by atoms with E-state index >= 15 is 0 Å². The Morgan fingerprint density at radius 2 is 2.11 bits per heavy atom. The highest BCUT2D eigenvalue weighted by molar-refractivity contribution is 5.86. The normalized spacial score (nSPS) is 20.4. The van der Waals surface area contributed by atoms with E-state index in [0.717, 1.165) is 24.2 Å². The van der Waals surface area contributed by atoms with E-state index in [2.05, 4.69) is 53.4 Å². The van der Waals surface area contributed by atoms with Crippen LogP contribution in [0.5, 0.6) is 0 Å². The van der Waals surface area contributed by atoms with E-state index < -0.39 is 5.60 Å². The van der Waals surface area contributed by atoms with Crippen LogP contribution in [0, 0.1) is 0 Å². The number of nitrogens with zero attached hydrogens (tertiary/aromatic N) is 2. The minimum Gasteiger partial charge on any atom is -0.379 e. The second kappa shape index (κ2) is 8.67. The van der Waals surface area contributed by atoms with Gasteiger partial charge in [0.15, 0.2) is 5.60 Å². The van der Waals surface area contributed by atoms with Crippen LogP contribution in [0.3, 0.4) is 0 Å². The van der Waals surface area contributed by atoms with Gasteiger partial charge in [-0.2, -0.15) is 0 Å². The number of carbonyl (C=O) groups excluding carboxylic acids is 1. The van der Waals surface area contributed by atoms with Crippen molar-refractivity contribution in [2.75, 3.05) is 19.6 Å². The first-order valence-electron chi connectivity index (χ1n) is 9.77. The molecule has 2 aromatic rings. The molecular weight excluding hydrogens is 340 g/mol. The molecule has 27 heavy (non-hydrogen) atoms. The van der Waals surface area contributed by atoms with Gasteiger partial charge in [0, 0.05) is 45.0 Å². The Morgan fingerprint density at radius 1 is 1.33 bits per heavy atom. The van der Waals surface area contributed by atoms with Crippen LogP contribution < -0.4 is 5.32 Å². The summed E-state index contributed by atoms with van der Waals surface area (Å²) in [6, 6.07) is 8.41. The molecule has 0 spiro atoms. The average molecular weight is 370 g/mol. The van der Waals surface area contributed by atoms with Crippen LogP contribution in [0.25, 0.3) is 0 Å². The van der Waals surface area contributed by atoms with Crippen molar-refractivity contribution in [3.05, 3.63) is 53.6 Å². The van der Waals surface area contributed by atoms with Crippen LogP contribution >= 0.6 is 0 Å². The van der Waals surface area contributed by atoms with Crippen molar-refractivity contribution >= 4 is 5.91 Å². The molecule has 0 aliphatic carbocycles. The lowest BCUT2D eigenvalue weighted by atomic mass is 9.91. The molecule has 1 fully saturated rings. The number of hydrogen-bond donors (Lipinski definition) is 3. The Balaban J connectivity index is 1.53. The molecule has 0 unspecified atom stereocenters. The fourth-order valence-electron chi connectivity index (χ4n) is 3.55. The van der Waals surface area contributed by atoms with Crippen molar-refractivity contribution in [1.82, 2.24) is 20.2 Å². The molecule has 1 aliphatic rings. The zero-order chi connectivity index (χ0) is 19.3. The first-order valence-corrected chi connectivity index (χ1v) is 9.77. The molecule has 6 nitrogen and oxygen atoms in total. The monoisotopic (exact) mass is 370 g/mol. The highest BCUT2D eigenvalue weighted by Gasteiger charge is 2.41. The van der Waals surface area contributed by atoms with Crippen LogP contribution in [-0.4, -0.2) is 51.1 Å². The fourth-order valence-corrected chi connectivity index (χ4v) is 3.55. The summed E-state index contributed by atoms with van der Waals surface area (Å²) in [6.45, 7) is 6.52. The second-order valence-corrected chi connectivity index (χ2v) is 7.72. The molecule has 1 aromatic carbocycles. The Bertz CT molecular complexity index is 727.